The molecule has 0 unspecified atom stereocenters. The predicted molar refractivity (Wildman–Crippen MR) is 106 cm³/mol. The van der Waals surface area contributed by atoms with Gasteiger partial charge in [0.05, 0.1) is 0 Å². The topological polar surface area (TPSA) is 99.5 Å². The zero-order valence-electron chi connectivity index (χ0n) is 16.7. The number of hydrogen-bond acceptors (Lipinski definition) is 6. The van der Waals surface area contributed by atoms with Crippen LogP contribution in [0.5, 0.6) is 11.5 Å². The van der Waals surface area contributed by atoms with Gasteiger partial charge in [0.2, 0.25) is 6.79 Å². The third-order valence-electron chi connectivity index (χ3n) is 5.74. The number of carbonyl (C=O) groups is 2. The number of carboxylic acids is 2. The molecule has 3 aliphatic heterocycles. The fraction of sp³-hybridized carbons (Fsp3) is 0.619. The molecule has 0 bridgehead atoms. The van der Waals surface area contributed by atoms with Gasteiger partial charge in [-0.3, -0.25) is 4.90 Å². The van der Waals surface area contributed by atoms with Gasteiger partial charge in [-0.05, 0) is 69.6 Å². The largest absolute Gasteiger partial charge is 0.473 e. The molecule has 3 aliphatic rings. The molecule has 2 N–H and O–H groups in total. The van der Waals surface area contributed by atoms with Gasteiger partial charge in [-0.2, -0.15) is 0 Å². The minimum Gasteiger partial charge on any atom is -0.473 e. The maximum Gasteiger partial charge on any atom is 0.414 e. The van der Waals surface area contributed by atoms with Crippen LogP contribution < -0.4 is 9.47 Å². The van der Waals surface area contributed by atoms with Crippen LogP contribution in [-0.4, -0.2) is 71.0 Å². The van der Waals surface area contributed by atoms with E-state index < -0.39 is 11.9 Å². The fourth-order valence-corrected chi connectivity index (χ4v) is 4.20. The molecule has 0 aliphatic carbocycles. The number of piperidine rings is 1. The molecule has 8 nitrogen and oxygen atoms in total. The van der Waals surface area contributed by atoms with E-state index in [0.717, 1.165) is 24.1 Å². The van der Waals surface area contributed by atoms with Crippen molar-refractivity contribution in [1.29, 1.82) is 0 Å². The number of likely N-dealkylation sites (tertiary alicyclic amines) is 2. The average molecular weight is 406 g/mol. The van der Waals surface area contributed by atoms with E-state index in [-0.39, 0.29) is 0 Å². The number of aliphatic carboxylic acids is 2. The van der Waals surface area contributed by atoms with Gasteiger partial charge in [0.1, 0.15) is 0 Å². The van der Waals surface area contributed by atoms with Gasteiger partial charge in [-0.25, -0.2) is 9.59 Å². The monoisotopic (exact) mass is 406 g/mol. The molecule has 0 radical (unpaired) electrons. The lowest BCUT2D eigenvalue weighted by Crippen LogP contribution is -2.45. The Hall–Kier alpha value is -2.32. The lowest BCUT2D eigenvalue weighted by molar-refractivity contribution is -0.159. The van der Waals surface area contributed by atoms with Crippen LogP contribution in [0.25, 0.3) is 0 Å². The van der Waals surface area contributed by atoms with Gasteiger partial charge < -0.3 is 24.6 Å². The molecule has 0 atom stereocenters. The maximum absolute atomic E-state index is 9.10. The normalized spacial score (nSPS) is 20.4. The van der Waals surface area contributed by atoms with E-state index in [1.807, 2.05) is 6.07 Å². The summed E-state index contributed by atoms with van der Waals surface area (Å²) in [6.45, 7) is 6.48. The summed E-state index contributed by atoms with van der Waals surface area (Å²) < 4.78 is 10.9. The van der Waals surface area contributed by atoms with E-state index in [1.165, 1.54) is 70.3 Å². The first-order valence-electron chi connectivity index (χ1n) is 10.3. The summed E-state index contributed by atoms with van der Waals surface area (Å²) in [6.07, 6.45) is 8.31. The van der Waals surface area contributed by atoms with E-state index in [4.69, 9.17) is 29.3 Å². The van der Waals surface area contributed by atoms with E-state index >= 15 is 0 Å². The third-order valence-corrected chi connectivity index (χ3v) is 5.74. The SMILES string of the molecule is O=C(O)C(=O)O.c1cc2c(cc1CN1CCC(N3CCCCCC3)CC1)OCO2. The zero-order valence-corrected chi connectivity index (χ0v) is 16.7. The fourth-order valence-electron chi connectivity index (χ4n) is 4.20. The molecule has 1 aromatic rings. The second-order valence-electron chi connectivity index (χ2n) is 7.76. The predicted octanol–water partition coefficient (Wildman–Crippen LogP) is 2.41. The molecule has 0 spiro atoms. The second kappa shape index (κ2) is 10.5. The van der Waals surface area contributed by atoms with Crippen molar-refractivity contribution in [3.8, 4) is 11.5 Å². The molecule has 1 aromatic carbocycles. The quantitative estimate of drug-likeness (QED) is 0.739. The molecule has 0 aromatic heterocycles. The Morgan fingerprint density at radius 3 is 2.14 bits per heavy atom. The van der Waals surface area contributed by atoms with Crippen molar-refractivity contribution in [1.82, 2.24) is 9.80 Å². The van der Waals surface area contributed by atoms with Crippen molar-refractivity contribution in [3.05, 3.63) is 23.8 Å². The van der Waals surface area contributed by atoms with Gasteiger partial charge in [0.15, 0.2) is 11.5 Å². The number of nitrogens with zero attached hydrogens (tertiary/aromatic N) is 2. The van der Waals surface area contributed by atoms with Crippen LogP contribution in [0.3, 0.4) is 0 Å². The zero-order chi connectivity index (χ0) is 20.6. The van der Waals surface area contributed by atoms with Gasteiger partial charge in [-0.1, -0.05) is 18.9 Å². The van der Waals surface area contributed by atoms with Crippen LogP contribution in [0.15, 0.2) is 18.2 Å². The first kappa shape index (κ1) is 21.4. The molecule has 2 fully saturated rings. The summed E-state index contributed by atoms with van der Waals surface area (Å²) in [5, 5.41) is 14.8. The first-order chi connectivity index (χ1) is 14.0. The number of benzene rings is 1. The molecular weight excluding hydrogens is 376 g/mol. The molecule has 0 amide bonds. The number of rotatable bonds is 3. The molecule has 8 heteroatoms. The molecular formula is C21H30N2O6. The van der Waals surface area contributed by atoms with Gasteiger partial charge >= 0.3 is 11.9 Å². The van der Waals surface area contributed by atoms with Crippen molar-refractivity contribution < 1.29 is 29.3 Å². The highest BCUT2D eigenvalue weighted by atomic mass is 16.7. The standard InChI is InChI=1S/C19H28N2O2.C2H2O4/c1-2-4-10-21(9-3-1)17-7-11-20(12-8-17)14-16-5-6-18-19(13-16)23-15-22-18;3-1(4)2(5)6/h5-6,13,17H,1-4,7-12,14-15H2;(H,3,4)(H,5,6). The second-order valence-corrected chi connectivity index (χ2v) is 7.76. The summed E-state index contributed by atoms with van der Waals surface area (Å²) in [5.74, 6) is -1.86. The summed E-state index contributed by atoms with van der Waals surface area (Å²) >= 11 is 0. The van der Waals surface area contributed by atoms with E-state index in [2.05, 4.69) is 21.9 Å². The number of fused-ring (bicyclic) bond motifs is 1. The first-order valence-corrected chi connectivity index (χ1v) is 10.3. The molecule has 29 heavy (non-hydrogen) atoms. The summed E-state index contributed by atoms with van der Waals surface area (Å²) in [6, 6.07) is 7.18. The molecule has 160 valence electrons. The van der Waals surface area contributed by atoms with Crippen molar-refractivity contribution in [2.75, 3.05) is 33.0 Å². The smallest absolute Gasteiger partial charge is 0.414 e. The van der Waals surface area contributed by atoms with Crippen LogP contribution in [0.2, 0.25) is 0 Å². The number of carboxylic acid groups (broad SMARTS) is 2. The Morgan fingerprint density at radius 1 is 0.897 bits per heavy atom. The molecule has 3 heterocycles. The molecule has 2 saturated heterocycles. The highest BCUT2D eigenvalue weighted by Crippen LogP contribution is 2.33. The Labute approximate surface area is 171 Å². The Balaban J connectivity index is 0.000000353. The van der Waals surface area contributed by atoms with Gasteiger partial charge in [0.25, 0.3) is 0 Å². The number of hydrogen-bond donors (Lipinski definition) is 2. The molecule has 4 rings (SSSR count). The minimum atomic E-state index is -1.82. The summed E-state index contributed by atoms with van der Waals surface area (Å²) in [7, 11) is 0. The highest BCUT2D eigenvalue weighted by Gasteiger charge is 2.25. The van der Waals surface area contributed by atoms with Crippen LogP contribution in [0.4, 0.5) is 0 Å². The summed E-state index contributed by atoms with van der Waals surface area (Å²) in [4.78, 5) is 23.6. The summed E-state index contributed by atoms with van der Waals surface area (Å²) in [5.41, 5.74) is 1.34. The highest BCUT2D eigenvalue weighted by molar-refractivity contribution is 6.27. The van der Waals surface area contributed by atoms with Gasteiger partial charge in [0, 0.05) is 12.6 Å². The molecule has 0 saturated carbocycles. The average Bonchev–Trinajstić information content (AvgIpc) is 3.01. The van der Waals surface area contributed by atoms with Crippen molar-refractivity contribution in [3.63, 3.8) is 0 Å². The van der Waals surface area contributed by atoms with E-state index in [1.54, 1.807) is 0 Å². The minimum absolute atomic E-state index is 0.361. The van der Waals surface area contributed by atoms with E-state index in [9.17, 15) is 0 Å². The van der Waals surface area contributed by atoms with Crippen LogP contribution in [0.1, 0.15) is 44.1 Å². The number of ether oxygens (including phenoxy) is 2. The third kappa shape index (κ3) is 6.33. The van der Waals surface area contributed by atoms with Crippen molar-refractivity contribution in [2.24, 2.45) is 0 Å². The Bertz CT molecular complexity index is 682. The van der Waals surface area contributed by atoms with Crippen LogP contribution in [-0.2, 0) is 16.1 Å². The Kier molecular flexibility index (Phi) is 7.71. The Morgan fingerprint density at radius 2 is 1.52 bits per heavy atom. The lowest BCUT2D eigenvalue weighted by Gasteiger charge is -2.38. The van der Waals surface area contributed by atoms with Crippen LogP contribution in [0, 0.1) is 0 Å². The van der Waals surface area contributed by atoms with Crippen molar-refractivity contribution >= 4 is 11.9 Å². The lowest BCUT2D eigenvalue weighted by atomic mass is 10.0. The van der Waals surface area contributed by atoms with Crippen LogP contribution >= 0.6 is 0 Å². The van der Waals surface area contributed by atoms with E-state index in [0.29, 0.717) is 6.79 Å². The maximum atomic E-state index is 9.10. The van der Waals surface area contributed by atoms with Crippen molar-refractivity contribution in [2.45, 2.75) is 51.1 Å². The van der Waals surface area contributed by atoms with Gasteiger partial charge in [-0.15, -0.1) is 0 Å².